The number of rotatable bonds is 4. The molecule has 0 aliphatic heterocycles. The molecular weight excluding hydrogens is 284 g/mol. The van der Waals surface area contributed by atoms with Crippen LogP contribution in [0, 0.1) is 6.92 Å². The maximum atomic E-state index is 12.9. The monoisotopic (exact) mass is 306 g/mol. The minimum absolute atomic E-state index is 0.137. The van der Waals surface area contributed by atoms with Gasteiger partial charge in [0.25, 0.3) is 0 Å². The van der Waals surface area contributed by atoms with Gasteiger partial charge in [-0.25, -0.2) is 0 Å². The largest absolute Gasteiger partial charge is 0.348 e. The summed E-state index contributed by atoms with van der Waals surface area (Å²) in [7, 11) is 2.06. The Balaban J connectivity index is 1.96. The average Bonchev–Trinajstić information content (AvgIpc) is 2.82. The highest BCUT2D eigenvalue weighted by atomic mass is 16.2. The van der Waals surface area contributed by atoms with Gasteiger partial charge in [-0.2, -0.15) is 0 Å². The zero-order chi connectivity index (χ0) is 16.4. The van der Waals surface area contributed by atoms with Crippen LogP contribution in [-0.4, -0.2) is 17.0 Å². The number of fused-ring (bicyclic) bond motifs is 1. The van der Waals surface area contributed by atoms with Crippen LogP contribution in [0.2, 0.25) is 0 Å². The first-order valence-corrected chi connectivity index (χ1v) is 8.01. The number of amides is 1. The molecule has 1 aromatic heterocycles. The molecule has 0 spiro atoms. The number of aryl methyl sites for hydroxylation is 1. The Morgan fingerprint density at radius 3 is 2.39 bits per heavy atom. The van der Waals surface area contributed by atoms with E-state index in [1.54, 1.807) is 0 Å². The Morgan fingerprint density at radius 1 is 1.04 bits per heavy atom. The highest BCUT2D eigenvalue weighted by Gasteiger charge is 2.19. The van der Waals surface area contributed by atoms with Gasteiger partial charge in [0.05, 0.1) is 6.42 Å². The number of para-hydroxylation sites is 2. The fraction of sp³-hybridized carbons (Fsp3) is 0.250. The lowest BCUT2D eigenvalue weighted by atomic mass is 10.1. The average molecular weight is 306 g/mol. The van der Waals surface area contributed by atoms with E-state index in [0.29, 0.717) is 13.0 Å². The number of carbonyl (C=O) groups excluding carboxylic acids is 1. The van der Waals surface area contributed by atoms with Gasteiger partial charge >= 0.3 is 0 Å². The third-order valence-corrected chi connectivity index (χ3v) is 4.54. The van der Waals surface area contributed by atoms with Gasteiger partial charge in [-0.3, -0.25) is 4.79 Å². The molecule has 23 heavy (non-hydrogen) atoms. The van der Waals surface area contributed by atoms with Crippen molar-refractivity contribution in [3.63, 3.8) is 0 Å². The number of aromatic nitrogens is 1. The van der Waals surface area contributed by atoms with Crippen molar-refractivity contribution < 1.29 is 4.79 Å². The van der Waals surface area contributed by atoms with E-state index in [9.17, 15) is 4.79 Å². The Bertz CT molecular complexity index is 833. The van der Waals surface area contributed by atoms with Crippen LogP contribution in [0.5, 0.6) is 0 Å². The molecule has 0 saturated heterocycles. The van der Waals surface area contributed by atoms with E-state index >= 15 is 0 Å². The number of carbonyl (C=O) groups is 1. The van der Waals surface area contributed by atoms with Crippen LogP contribution in [0.15, 0.2) is 54.6 Å². The first-order chi connectivity index (χ1) is 11.1. The number of hydrogen-bond donors (Lipinski definition) is 0. The van der Waals surface area contributed by atoms with Crippen LogP contribution in [0.3, 0.4) is 0 Å². The zero-order valence-corrected chi connectivity index (χ0v) is 13.9. The summed E-state index contributed by atoms with van der Waals surface area (Å²) in [5.41, 5.74) is 4.42. The Kier molecular flexibility index (Phi) is 4.20. The van der Waals surface area contributed by atoms with Crippen molar-refractivity contribution in [1.82, 2.24) is 4.57 Å². The predicted molar refractivity (Wildman–Crippen MR) is 95.8 cm³/mol. The zero-order valence-electron chi connectivity index (χ0n) is 13.9. The van der Waals surface area contributed by atoms with Crippen LogP contribution in [0.4, 0.5) is 5.69 Å². The lowest BCUT2D eigenvalue weighted by Crippen LogP contribution is -2.32. The highest BCUT2D eigenvalue weighted by molar-refractivity contribution is 5.98. The Hall–Kier alpha value is -2.55. The van der Waals surface area contributed by atoms with Gasteiger partial charge < -0.3 is 9.47 Å². The van der Waals surface area contributed by atoms with E-state index in [1.165, 1.54) is 10.9 Å². The smallest absolute Gasteiger partial charge is 0.231 e. The van der Waals surface area contributed by atoms with Crippen molar-refractivity contribution in [3.8, 4) is 0 Å². The van der Waals surface area contributed by atoms with Gasteiger partial charge in [0.1, 0.15) is 0 Å². The molecule has 2 aromatic carbocycles. The standard InChI is InChI=1S/C20H22N2O/c1-4-22(16-10-6-5-7-11-16)20(23)14-18-15(2)21(3)19-13-9-8-12-17(18)19/h5-13H,4,14H2,1-3H3. The molecule has 118 valence electrons. The molecule has 0 N–H and O–H groups in total. The van der Waals surface area contributed by atoms with E-state index in [4.69, 9.17) is 0 Å². The number of benzene rings is 2. The fourth-order valence-corrected chi connectivity index (χ4v) is 3.18. The Morgan fingerprint density at radius 2 is 1.70 bits per heavy atom. The minimum atomic E-state index is 0.137. The van der Waals surface area contributed by atoms with E-state index in [0.717, 1.165) is 16.9 Å². The lowest BCUT2D eigenvalue weighted by Gasteiger charge is -2.21. The second-order valence-corrected chi connectivity index (χ2v) is 5.79. The summed E-state index contributed by atoms with van der Waals surface area (Å²) in [6.07, 6.45) is 0.427. The van der Waals surface area contributed by atoms with Gasteiger partial charge in [0.2, 0.25) is 5.91 Å². The minimum Gasteiger partial charge on any atom is -0.348 e. The van der Waals surface area contributed by atoms with Crippen LogP contribution in [-0.2, 0) is 18.3 Å². The summed E-state index contributed by atoms with van der Waals surface area (Å²) in [5, 5.41) is 1.17. The number of anilines is 1. The van der Waals surface area contributed by atoms with Crippen LogP contribution in [0.25, 0.3) is 10.9 Å². The van der Waals surface area contributed by atoms with E-state index in [2.05, 4.69) is 30.7 Å². The quantitative estimate of drug-likeness (QED) is 0.713. The normalized spacial score (nSPS) is 10.9. The first kappa shape index (κ1) is 15.3. The molecule has 0 aliphatic carbocycles. The van der Waals surface area contributed by atoms with Gasteiger partial charge in [0.15, 0.2) is 0 Å². The molecule has 1 heterocycles. The van der Waals surface area contributed by atoms with Crippen molar-refractivity contribution in [2.24, 2.45) is 7.05 Å². The first-order valence-electron chi connectivity index (χ1n) is 8.01. The third kappa shape index (κ3) is 2.74. The molecule has 1 amide bonds. The van der Waals surface area contributed by atoms with Crippen molar-refractivity contribution in [2.75, 3.05) is 11.4 Å². The molecular formula is C20H22N2O. The fourth-order valence-electron chi connectivity index (χ4n) is 3.18. The van der Waals surface area contributed by atoms with Gasteiger partial charge in [-0.15, -0.1) is 0 Å². The third-order valence-electron chi connectivity index (χ3n) is 4.54. The van der Waals surface area contributed by atoms with Crippen molar-refractivity contribution in [1.29, 1.82) is 0 Å². The molecule has 0 radical (unpaired) electrons. The molecule has 0 atom stereocenters. The second kappa shape index (κ2) is 6.29. The summed E-state index contributed by atoms with van der Waals surface area (Å²) >= 11 is 0. The van der Waals surface area contributed by atoms with Crippen LogP contribution >= 0.6 is 0 Å². The summed E-state index contributed by atoms with van der Waals surface area (Å²) in [6, 6.07) is 18.1. The van der Waals surface area contributed by atoms with Gasteiger partial charge in [-0.1, -0.05) is 36.4 Å². The molecule has 0 unspecified atom stereocenters. The van der Waals surface area contributed by atoms with E-state index < -0.39 is 0 Å². The maximum Gasteiger partial charge on any atom is 0.231 e. The van der Waals surface area contributed by atoms with Crippen molar-refractivity contribution in [2.45, 2.75) is 20.3 Å². The topological polar surface area (TPSA) is 25.2 Å². The summed E-state index contributed by atoms with van der Waals surface area (Å²) in [6.45, 7) is 4.77. The number of likely N-dealkylation sites (N-methyl/N-ethyl adjacent to an activating group) is 1. The molecule has 3 nitrogen and oxygen atoms in total. The SMILES string of the molecule is CCN(C(=O)Cc1c(C)n(C)c2ccccc12)c1ccccc1. The molecule has 3 heteroatoms. The van der Waals surface area contributed by atoms with Gasteiger partial charge in [-0.05, 0) is 37.6 Å². The highest BCUT2D eigenvalue weighted by Crippen LogP contribution is 2.26. The number of nitrogens with zero attached hydrogens (tertiary/aromatic N) is 2. The van der Waals surface area contributed by atoms with Crippen molar-refractivity contribution in [3.05, 3.63) is 65.9 Å². The summed E-state index contributed by atoms with van der Waals surface area (Å²) < 4.78 is 2.16. The molecule has 0 fully saturated rings. The molecule has 0 bridgehead atoms. The molecule has 0 aliphatic rings. The van der Waals surface area contributed by atoms with Crippen LogP contribution < -0.4 is 4.90 Å². The van der Waals surface area contributed by atoms with E-state index in [-0.39, 0.29) is 5.91 Å². The van der Waals surface area contributed by atoms with E-state index in [1.807, 2.05) is 54.3 Å². The van der Waals surface area contributed by atoms with Gasteiger partial charge in [0, 0.05) is 35.9 Å². The molecule has 3 aromatic rings. The van der Waals surface area contributed by atoms with Crippen molar-refractivity contribution >= 4 is 22.5 Å². The Labute approximate surface area is 137 Å². The van der Waals surface area contributed by atoms with Crippen LogP contribution in [0.1, 0.15) is 18.2 Å². The molecule has 3 rings (SSSR count). The summed E-state index contributed by atoms with van der Waals surface area (Å²) in [4.78, 5) is 14.7. The number of hydrogen-bond acceptors (Lipinski definition) is 1. The lowest BCUT2D eigenvalue weighted by molar-refractivity contribution is -0.117. The second-order valence-electron chi connectivity index (χ2n) is 5.79. The molecule has 0 saturated carbocycles. The predicted octanol–water partition coefficient (Wildman–Crippen LogP) is 4.08. The maximum absolute atomic E-state index is 12.9. The summed E-state index contributed by atoms with van der Waals surface area (Å²) in [5.74, 6) is 0.137.